The van der Waals surface area contributed by atoms with Gasteiger partial charge in [-0.15, -0.1) is 0 Å². The van der Waals surface area contributed by atoms with Crippen LogP contribution in [-0.4, -0.2) is 33.2 Å². The molecule has 0 fully saturated rings. The van der Waals surface area contributed by atoms with Crippen LogP contribution in [0.4, 0.5) is 0 Å². The maximum absolute atomic E-state index is 9.89. The van der Waals surface area contributed by atoms with Crippen LogP contribution in [0.25, 0.3) is 0 Å². The topological polar surface area (TPSA) is 58.3 Å². The van der Waals surface area contributed by atoms with Gasteiger partial charge >= 0.3 is 0 Å². The van der Waals surface area contributed by atoms with E-state index in [-0.39, 0.29) is 13.2 Å². The third kappa shape index (κ3) is 3.09. The van der Waals surface area contributed by atoms with Crippen LogP contribution in [0.5, 0.6) is 0 Å². The number of hydrogen-bond donors (Lipinski definition) is 2. The average Bonchev–Trinajstić information content (AvgIpc) is 2.70. The fourth-order valence-electron chi connectivity index (χ4n) is 2.46. The Hall–Kier alpha value is -1.07. The highest BCUT2D eigenvalue weighted by atomic mass is 35.5. The van der Waals surface area contributed by atoms with Crippen LogP contribution in [0.1, 0.15) is 17.0 Å². The fourth-order valence-corrected chi connectivity index (χ4v) is 2.87. The molecule has 1 aromatic carbocycles. The minimum atomic E-state index is -0.852. The van der Waals surface area contributed by atoms with Crippen LogP contribution in [0, 0.1) is 6.92 Å². The molecule has 0 saturated heterocycles. The lowest BCUT2D eigenvalue weighted by atomic mass is 9.78. The number of aromatic nitrogens is 2. The molecule has 2 aromatic rings. The van der Waals surface area contributed by atoms with Crippen molar-refractivity contribution >= 4 is 23.2 Å². The van der Waals surface area contributed by atoms with Gasteiger partial charge in [0.2, 0.25) is 0 Å². The van der Waals surface area contributed by atoms with Gasteiger partial charge in [-0.05, 0) is 24.6 Å². The molecule has 0 bridgehead atoms. The maximum Gasteiger partial charge on any atom is 0.0847 e. The van der Waals surface area contributed by atoms with Crippen molar-refractivity contribution in [1.82, 2.24) is 9.78 Å². The smallest absolute Gasteiger partial charge is 0.0847 e. The van der Waals surface area contributed by atoms with Crippen molar-refractivity contribution in [3.05, 3.63) is 51.3 Å². The molecule has 0 aliphatic rings. The van der Waals surface area contributed by atoms with Crippen LogP contribution in [0.15, 0.2) is 24.3 Å². The van der Waals surface area contributed by atoms with Gasteiger partial charge in [-0.3, -0.25) is 4.68 Å². The van der Waals surface area contributed by atoms with E-state index in [9.17, 15) is 10.2 Å². The number of aryl methyl sites for hydroxylation is 2. The van der Waals surface area contributed by atoms with Gasteiger partial charge in [-0.25, -0.2) is 0 Å². The number of hydrogen-bond acceptors (Lipinski definition) is 3. The van der Waals surface area contributed by atoms with Crippen LogP contribution in [0.3, 0.4) is 0 Å². The first kappa shape index (κ1) is 16.3. The van der Waals surface area contributed by atoms with Crippen molar-refractivity contribution in [2.24, 2.45) is 7.05 Å². The van der Waals surface area contributed by atoms with Crippen LogP contribution in [0.2, 0.25) is 10.0 Å². The summed E-state index contributed by atoms with van der Waals surface area (Å²) in [6.45, 7) is 1.39. The summed E-state index contributed by atoms with van der Waals surface area (Å²) in [6, 6.07) is 7.15. The Morgan fingerprint density at radius 3 is 2.38 bits per heavy atom. The summed E-state index contributed by atoms with van der Waals surface area (Å²) in [5.41, 5.74) is 1.42. The Morgan fingerprint density at radius 2 is 1.90 bits per heavy atom. The Bertz CT molecular complexity index is 637. The van der Waals surface area contributed by atoms with E-state index in [0.29, 0.717) is 16.5 Å². The molecule has 6 heteroatoms. The zero-order valence-corrected chi connectivity index (χ0v) is 13.5. The predicted octanol–water partition coefficient (Wildman–Crippen LogP) is 2.50. The van der Waals surface area contributed by atoms with E-state index in [1.807, 2.05) is 13.0 Å². The normalized spacial score (nSPS) is 11.9. The van der Waals surface area contributed by atoms with Gasteiger partial charge < -0.3 is 10.2 Å². The second kappa shape index (κ2) is 6.36. The molecule has 2 N–H and O–H groups in total. The lowest BCUT2D eigenvalue weighted by Crippen LogP contribution is -2.38. The van der Waals surface area contributed by atoms with Crippen LogP contribution >= 0.6 is 23.2 Å². The quantitative estimate of drug-likeness (QED) is 0.886. The van der Waals surface area contributed by atoms with Crippen molar-refractivity contribution < 1.29 is 10.2 Å². The number of nitrogens with zero attached hydrogens (tertiary/aromatic N) is 2. The predicted molar refractivity (Wildman–Crippen MR) is 84.0 cm³/mol. The molecule has 0 radical (unpaired) electrons. The molecular weight excluding hydrogens is 311 g/mol. The van der Waals surface area contributed by atoms with Crippen molar-refractivity contribution in [2.45, 2.75) is 18.8 Å². The number of halogens is 2. The Labute approximate surface area is 133 Å². The summed E-state index contributed by atoms with van der Waals surface area (Å²) in [7, 11) is 1.80. The molecular formula is C15H18Cl2N2O2. The number of benzene rings is 1. The summed E-state index contributed by atoms with van der Waals surface area (Å²) < 4.78 is 1.68. The molecule has 0 spiro atoms. The monoisotopic (exact) mass is 328 g/mol. The lowest BCUT2D eigenvalue weighted by Gasteiger charge is -2.30. The number of rotatable bonds is 5. The SMILES string of the molecule is Cc1nn(C)c(CC(CO)(CO)c2cccc(Cl)c2)c1Cl. The zero-order valence-electron chi connectivity index (χ0n) is 12.0. The van der Waals surface area contributed by atoms with Gasteiger partial charge in [0.25, 0.3) is 0 Å². The second-order valence-corrected chi connectivity index (χ2v) is 6.07. The molecule has 4 nitrogen and oxygen atoms in total. The van der Waals surface area contributed by atoms with Crippen molar-refractivity contribution in [3.63, 3.8) is 0 Å². The third-order valence-electron chi connectivity index (χ3n) is 3.81. The van der Waals surface area contributed by atoms with Gasteiger partial charge in [0.15, 0.2) is 0 Å². The molecule has 114 valence electrons. The largest absolute Gasteiger partial charge is 0.395 e. The summed E-state index contributed by atoms with van der Waals surface area (Å²) in [6.07, 6.45) is 0.372. The molecule has 1 aromatic heterocycles. The minimum Gasteiger partial charge on any atom is -0.395 e. The van der Waals surface area contributed by atoms with Gasteiger partial charge in [-0.1, -0.05) is 35.3 Å². The van der Waals surface area contributed by atoms with E-state index < -0.39 is 5.41 Å². The molecule has 0 saturated carbocycles. The standard InChI is InChI=1S/C15H18Cl2N2O2/c1-10-14(17)13(19(2)18-10)7-15(8-20,9-21)11-4-3-5-12(16)6-11/h3-6,20-21H,7-9H2,1-2H3. The maximum atomic E-state index is 9.89. The minimum absolute atomic E-state index is 0.218. The molecule has 0 atom stereocenters. The van der Waals surface area contributed by atoms with Crippen LogP contribution < -0.4 is 0 Å². The Balaban J connectivity index is 2.48. The van der Waals surface area contributed by atoms with Gasteiger partial charge in [-0.2, -0.15) is 5.10 Å². The molecule has 0 unspecified atom stereocenters. The lowest BCUT2D eigenvalue weighted by molar-refractivity contribution is 0.115. The van der Waals surface area contributed by atoms with Crippen LogP contribution in [-0.2, 0) is 18.9 Å². The number of aliphatic hydroxyl groups excluding tert-OH is 2. The van der Waals surface area contributed by atoms with E-state index in [0.717, 1.165) is 17.0 Å². The highest BCUT2D eigenvalue weighted by Gasteiger charge is 2.34. The first-order chi connectivity index (χ1) is 9.93. The highest BCUT2D eigenvalue weighted by Crippen LogP contribution is 2.32. The average molecular weight is 329 g/mol. The van der Waals surface area contributed by atoms with Gasteiger partial charge in [0, 0.05) is 23.9 Å². The van der Waals surface area contributed by atoms with E-state index in [1.54, 1.807) is 29.9 Å². The van der Waals surface area contributed by atoms with Gasteiger partial charge in [0.1, 0.15) is 0 Å². The second-order valence-electron chi connectivity index (χ2n) is 5.25. The van der Waals surface area contributed by atoms with Crippen molar-refractivity contribution in [2.75, 3.05) is 13.2 Å². The molecule has 0 aliphatic carbocycles. The highest BCUT2D eigenvalue weighted by molar-refractivity contribution is 6.32. The van der Waals surface area contributed by atoms with Crippen molar-refractivity contribution in [1.29, 1.82) is 0 Å². The summed E-state index contributed by atoms with van der Waals surface area (Å²) in [5, 5.41) is 25.2. The first-order valence-electron chi connectivity index (χ1n) is 6.59. The molecule has 0 aliphatic heterocycles. The fraction of sp³-hybridized carbons (Fsp3) is 0.400. The molecule has 2 rings (SSSR count). The third-order valence-corrected chi connectivity index (χ3v) is 4.54. The summed E-state index contributed by atoms with van der Waals surface area (Å²) in [5.74, 6) is 0. The zero-order chi connectivity index (χ0) is 15.6. The summed E-state index contributed by atoms with van der Waals surface area (Å²) in [4.78, 5) is 0. The molecule has 21 heavy (non-hydrogen) atoms. The molecule has 0 amide bonds. The van der Waals surface area contributed by atoms with E-state index in [4.69, 9.17) is 23.2 Å². The molecule has 1 heterocycles. The first-order valence-corrected chi connectivity index (χ1v) is 7.35. The Morgan fingerprint density at radius 1 is 1.24 bits per heavy atom. The van der Waals surface area contributed by atoms with Gasteiger partial charge in [0.05, 0.1) is 29.6 Å². The summed E-state index contributed by atoms with van der Waals surface area (Å²) >= 11 is 12.3. The number of aliphatic hydroxyl groups is 2. The van der Waals surface area contributed by atoms with E-state index in [2.05, 4.69) is 5.10 Å². The van der Waals surface area contributed by atoms with Crippen molar-refractivity contribution in [3.8, 4) is 0 Å². The van der Waals surface area contributed by atoms with E-state index in [1.165, 1.54) is 0 Å². The van der Waals surface area contributed by atoms with E-state index >= 15 is 0 Å². The Kier molecular flexibility index (Phi) is 4.94.